The number of piperidine rings is 1. The number of fused-ring (bicyclic) bond motifs is 2. The molecule has 1 N–H and O–H groups in total. The van der Waals surface area contributed by atoms with E-state index in [1.807, 2.05) is 24.0 Å². The van der Waals surface area contributed by atoms with Crippen LogP contribution in [0, 0.1) is 12.3 Å². The third kappa shape index (κ3) is 6.37. The van der Waals surface area contributed by atoms with Crippen LogP contribution in [0.4, 0.5) is 24.9 Å². The van der Waals surface area contributed by atoms with E-state index in [-0.39, 0.29) is 29.0 Å². The fourth-order valence-electron chi connectivity index (χ4n) is 8.76. The van der Waals surface area contributed by atoms with Crippen molar-refractivity contribution in [2.75, 3.05) is 80.3 Å². The van der Waals surface area contributed by atoms with Gasteiger partial charge in [-0.15, -0.1) is 0 Å². The number of carbonyl (C=O) groups excluding carboxylic acids is 1. The molecule has 53 heavy (non-hydrogen) atoms. The Labute approximate surface area is 308 Å². The van der Waals surface area contributed by atoms with Crippen LogP contribution < -0.4 is 14.5 Å². The minimum absolute atomic E-state index is 0.0394. The molecular formula is C38H43F3N8O3S. The molecule has 6 heterocycles. The lowest BCUT2D eigenvalue weighted by molar-refractivity contribution is -0.153. The normalized spacial score (nSPS) is 21.3. The van der Waals surface area contributed by atoms with Gasteiger partial charge in [0.2, 0.25) is 11.9 Å². The quantitative estimate of drug-likeness (QED) is 0.193. The molecule has 5 aliphatic rings. The van der Waals surface area contributed by atoms with Crippen molar-refractivity contribution in [1.82, 2.24) is 30.0 Å². The average Bonchev–Trinajstić information content (AvgIpc) is 3.85. The van der Waals surface area contributed by atoms with E-state index in [1.54, 1.807) is 6.20 Å². The SMILES string of the molecule is C=CC(=O)N1CC2(CCN(c3nc(N4CC(N5CC[S+]([O-])CC5)C4)nc4c(OCC(F)(F)F)c(-c5c(C)ccc6[nH]ncc56)c(C5CC5)cc34)CC2)C1. The van der Waals surface area contributed by atoms with E-state index in [0.29, 0.717) is 79.0 Å². The first-order valence-corrected chi connectivity index (χ1v) is 20.0. The van der Waals surface area contributed by atoms with Crippen molar-refractivity contribution >= 4 is 50.7 Å². The molecule has 280 valence electrons. The molecule has 11 nitrogen and oxygen atoms in total. The van der Waals surface area contributed by atoms with Gasteiger partial charge >= 0.3 is 6.18 Å². The smallest absolute Gasteiger partial charge is 0.422 e. The third-order valence-corrected chi connectivity index (χ3v) is 13.2. The second-order valence-electron chi connectivity index (χ2n) is 15.5. The average molecular weight is 749 g/mol. The topological polar surface area (TPSA) is 117 Å². The molecule has 1 aliphatic carbocycles. The number of alkyl halides is 3. The summed E-state index contributed by atoms with van der Waals surface area (Å²) in [7, 11) is 0. The van der Waals surface area contributed by atoms with Gasteiger partial charge < -0.3 is 24.0 Å². The Bertz CT molecular complexity index is 2070. The lowest BCUT2D eigenvalue weighted by atomic mass is 9.72. The van der Waals surface area contributed by atoms with Crippen LogP contribution in [-0.2, 0) is 16.0 Å². The van der Waals surface area contributed by atoms with Gasteiger partial charge in [0.05, 0.1) is 11.7 Å². The summed E-state index contributed by atoms with van der Waals surface area (Å²) in [6.45, 7) is 9.85. The van der Waals surface area contributed by atoms with E-state index in [0.717, 1.165) is 66.4 Å². The highest BCUT2D eigenvalue weighted by Crippen LogP contribution is 2.53. The zero-order valence-corrected chi connectivity index (χ0v) is 30.6. The van der Waals surface area contributed by atoms with Crippen LogP contribution in [0.25, 0.3) is 32.9 Å². The van der Waals surface area contributed by atoms with Crippen molar-refractivity contribution in [3.8, 4) is 16.9 Å². The van der Waals surface area contributed by atoms with Gasteiger partial charge in [-0.05, 0) is 73.4 Å². The van der Waals surface area contributed by atoms with Crippen LogP contribution in [-0.4, -0.2) is 123 Å². The number of aryl methyl sites for hydroxylation is 1. The van der Waals surface area contributed by atoms with Gasteiger partial charge in [-0.1, -0.05) is 23.8 Å². The van der Waals surface area contributed by atoms with Crippen LogP contribution in [0.1, 0.15) is 42.7 Å². The summed E-state index contributed by atoms with van der Waals surface area (Å²) in [5.74, 6) is 2.75. The molecule has 4 aromatic rings. The number of nitrogens with one attached hydrogen (secondary N) is 1. The Kier molecular flexibility index (Phi) is 8.54. The lowest BCUT2D eigenvalue weighted by Crippen LogP contribution is -2.62. The molecule has 5 fully saturated rings. The molecule has 1 saturated carbocycles. The molecule has 0 radical (unpaired) electrons. The third-order valence-electron chi connectivity index (χ3n) is 12.0. The van der Waals surface area contributed by atoms with Gasteiger partial charge in [-0.25, -0.2) is 4.98 Å². The highest BCUT2D eigenvalue weighted by Gasteiger charge is 2.47. The van der Waals surface area contributed by atoms with Crippen LogP contribution in [0.2, 0.25) is 0 Å². The minimum Gasteiger partial charge on any atom is -0.616 e. The molecule has 2 aromatic heterocycles. The summed E-state index contributed by atoms with van der Waals surface area (Å²) in [5, 5.41) is 8.83. The number of carbonyl (C=O) groups is 1. The number of benzene rings is 2. The number of ether oxygens (including phenoxy) is 1. The fraction of sp³-hybridized carbons (Fsp3) is 0.526. The number of amides is 1. The van der Waals surface area contributed by atoms with Crippen molar-refractivity contribution in [2.24, 2.45) is 5.41 Å². The standard InChI is InChI=1S/C38H43F3N8O3S/c1-3-30(50)49-20-37(21-49)8-10-47(11-9-37)35-27-16-26(24-5-6-24)32(31-23(2)4-7-29-28(31)17-42-45-29)34(52-22-38(39,40)41)33(27)43-36(44-35)48-18-25(19-48)46-12-14-53(51)15-13-46/h3-4,7,16-17,24-25H,1,5-6,8-15,18-22H2,2H3,(H,42,45). The maximum atomic E-state index is 14.1. The van der Waals surface area contributed by atoms with Gasteiger partial charge in [0.25, 0.3) is 0 Å². The van der Waals surface area contributed by atoms with E-state index in [9.17, 15) is 22.5 Å². The summed E-state index contributed by atoms with van der Waals surface area (Å²) in [6.07, 6.45) is 2.11. The predicted octanol–water partition coefficient (Wildman–Crippen LogP) is 5.17. The number of nitrogens with zero attached hydrogens (tertiary/aromatic N) is 7. The van der Waals surface area contributed by atoms with Crippen LogP contribution in [0.15, 0.2) is 37.1 Å². The van der Waals surface area contributed by atoms with Crippen LogP contribution in [0.3, 0.4) is 0 Å². The first-order chi connectivity index (χ1) is 25.5. The van der Waals surface area contributed by atoms with Gasteiger partial charge in [-0.3, -0.25) is 14.8 Å². The number of H-pyrrole nitrogens is 1. The molecule has 0 bridgehead atoms. The van der Waals surface area contributed by atoms with E-state index in [2.05, 4.69) is 37.5 Å². The summed E-state index contributed by atoms with van der Waals surface area (Å²) >= 11 is -0.777. The molecule has 0 atom stereocenters. The molecule has 4 saturated heterocycles. The molecule has 15 heteroatoms. The maximum Gasteiger partial charge on any atom is 0.422 e. The highest BCUT2D eigenvalue weighted by molar-refractivity contribution is 7.91. The Hall–Kier alpha value is -4.08. The zero-order chi connectivity index (χ0) is 36.6. The lowest BCUT2D eigenvalue weighted by Gasteiger charge is -2.54. The van der Waals surface area contributed by atoms with Crippen LogP contribution >= 0.6 is 0 Å². The molecule has 4 aliphatic heterocycles. The molecule has 1 spiro atoms. The van der Waals surface area contributed by atoms with E-state index < -0.39 is 24.0 Å². The Balaban J connectivity index is 1.17. The van der Waals surface area contributed by atoms with Gasteiger partial charge in [-0.2, -0.15) is 23.3 Å². The zero-order valence-electron chi connectivity index (χ0n) is 29.8. The second-order valence-corrected chi connectivity index (χ2v) is 17.2. The Morgan fingerprint density at radius 3 is 2.49 bits per heavy atom. The largest absolute Gasteiger partial charge is 0.616 e. The first kappa shape index (κ1) is 34.7. The first-order valence-electron chi connectivity index (χ1n) is 18.5. The number of likely N-dealkylation sites (tertiary alicyclic amines) is 1. The minimum atomic E-state index is -4.57. The number of aromatic nitrogens is 4. The van der Waals surface area contributed by atoms with E-state index in [1.165, 1.54) is 6.08 Å². The maximum absolute atomic E-state index is 14.1. The number of hydrogen-bond donors (Lipinski definition) is 1. The van der Waals surface area contributed by atoms with Crippen molar-refractivity contribution in [3.05, 3.63) is 48.2 Å². The predicted molar refractivity (Wildman–Crippen MR) is 199 cm³/mol. The van der Waals surface area contributed by atoms with E-state index >= 15 is 0 Å². The van der Waals surface area contributed by atoms with Gasteiger partial charge in [0.15, 0.2) is 12.4 Å². The number of anilines is 2. The van der Waals surface area contributed by atoms with Crippen LogP contribution in [0.5, 0.6) is 5.75 Å². The highest BCUT2D eigenvalue weighted by atomic mass is 32.2. The van der Waals surface area contributed by atoms with Crippen molar-refractivity contribution in [3.63, 3.8) is 0 Å². The summed E-state index contributed by atoms with van der Waals surface area (Å²) < 4.78 is 60.2. The van der Waals surface area contributed by atoms with Crippen molar-refractivity contribution in [2.45, 2.75) is 50.7 Å². The van der Waals surface area contributed by atoms with Gasteiger partial charge in [0, 0.05) is 80.2 Å². The summed E-state index contributed by atoms with van der Waals surface area (Å²) in [4.78, 5) is 31.1. The molecule has 0 unspecified atom stereocenters. The number of aromatic amines is 1. The molecule has 1 amide bonds. The Morgan fingerprint density at radius 1 is 1.08 bits per heavy atom. The fourth-order valence-corrected chi connectivity index (χ4v) is 9.84. The van der Waals surface area contributed by atoms with Gasteiger partial charge in [0.1, 0.15) is 22.8 Å². The van der Waals surface area contributed by atoms with Crippen molar-refractivity contribution < 1.29 is 27.3 Å². The monoisotopic (exact) mass is 748 g/mol. The summed E-state index contributed by atoms with van der Waals surface area (Å²) in [5.41, 5.74) is 4.50. The molecule has 2 aromatic carbocycles. The summed E-state index contributed by atoms with van der Waals surface area (Å²) in [6, 6.07) is 6.28. The number of halogens is 3. The van der Waals surface area contributed by atoms with Crippen molar-refractivity contribution in [1.29, 1.82) is 0 Å². The second kappa shape index (κ2) is 13.0. The molecule has 9 rings (SSSR count). The number of rotatable bonds is 8. The Morgan fingerprint density at radius 2 is 1.81 bits per heavy atom. The number of hydrogen-bond acceptors (Lipinski definition) is 9. The molecular weight excluding hydrogens is 706 g/mol. The van der Waals surface area contributed by atoms with E-state index in [4.69, 9.17) is 14.7 Å².